The van der Waals surface area contributed by atoms with Crippen molar-refractivity contribution in [3.05, 3.63) is 140 Å². The van der Waals surface area contributed by atoms with Crippen LogP contribution in [0.25, 0.3) is 66.6 Å². The quantitative estimate of drug-likeness (QED) is 0.132. The molecule has 0 amide bonds. The highest BCUT2D eigenvalue weighted by atomic mass is 16.1. The van der Waals surface area contributed by atoms with Crippen LogP contribution in [0.1, 0.15) is 104 Å². The molecule has 0 spiro atoms. The molecular weight excluding hydrogens is 917 g/mol. The maximum atomic E-state index is 14.1. The lowest BCUT2D eigenvalue weighted by Gasteiger charge is -2.40. The van der Waals surface area contributed by atoms with Crippen LogP contribution in [0.5, 0.6) is 0 Å². The van der Waals surface area contributed by atoms with Gasteiger partial charge in [-0.05, 0) is 175 Å². The van der Waals surface area contributed by atoms with Gasteiger partial charge in [-0.3, -0.25) is 28.5 Å². The first-order chi connectivity index (χ1) is 35.5. The van der Waals surface area contributed by atoms with E-state index in [1.807, 2.05) is 21.5 Å². The summed E-state index contributed by atoms with van der Waals surface area (Å²) in [7, 11) is 0. The fourth-order valence-corrected chi connectivity index (χ4v) is 13.6. The monoisotopic (exact) mass is 989 g/mol. The molecule has 4 aromatic heterocycles. The standard InChI is InChI=1S/C62H72N10O2/c1-11-67-33-46-24-41(15-14-40(46)23-39(67)6)44-18-21-54-50(27-44)52(32-64-54)56-30-58(74)70-36-62(9,10)72(60(70)66-56)38(5)13-20-48-26-43-17-16-42(25-47(43)34-68(48)12-2)45-19-22-53-49(28-45)51(31-63-53)55-29-57(73)69-35-61(7,8)71(37(3)4)59(69)65-55/h14-19,21-22,24-25,27-32,37-39,48,63-64H,11-13,20,23,26,33-36H2,1-10H3. The molecule has 3 unspecified atom stereocenters. The minimum absolute atomic E-state index is 0.00741. The average molecular weight is 989 g/mol. The predicted octanol–water partition coefficient (Wildman–Crippen LogP) is 11.4. The van der Waals surface area contributed by atoms with Gasteiger partial charge in [0, 0.05) is 94.7 Å². The molecule has 8 aromatic rings. The minimum atomic E-state index is -0.284. The van der Waals surface area contributed by atoms with Gasteiger partial charge >= 0.3 is 0 Å². The summed E-state index contributed by atoms with van der Waals surface area (Å²) in [6.07, 6.45) is 8.10. The SMILES string of the molecule is CCN1Cc2cc(-c3ccc4[nH]cc(-c5cc(=O)n6c(n5)N(C(C)CCC5Cc7ccc(-c8ccc9[nH]cc(-c%10cc(=O)n%11c(n%10)N(C(C)C)C(C)(C)C%11)c9c8)cc7CN5CC)C(C)(C)C6)c4c3)ccc2CC1C. The largest absolute Gasteiger partial charge is 0.360 e. The van der Waals surface area contributed by atoms with Crippen LogP contribution in [0.15, 0.2) is 107 Å². The Kier molecular flexibility index (Phi) is 11.7. The topological polar surface area (TPSA) is 114 Å². The first-order valence-electron chi connectivity index (χ1n) is 27.3. The van der Waals surface area contributed by atoms with E-state index in [4.69, 9.17) is 9.97 Å². The van der Waals surface area contributed by atoms with Crippen molar-refractivity contribution in [2.75, 3.05) is 22.9 Å². The lowest BCUT2D eigenvalue weighted by atomic mass is 9.88. The zero-order valence-electron chi connectivity index (χ0n) is 45.0. The van der Waals surface area contributed by atoms with Crippen molar-refractivity contribution in [2.45, 2.75) is 156 Å². The van der Waals surface area contributed by atoms with Crippen molar-refractivity contribution in [2.24, 2.45) is 0 Å². The first kappa shape index (κ1) is 48.2. The normalized spacial score (nSPS) is 19.6. The maximum Gasteiger partial charge on any atom is 0.255 e. The van der Waals surface area contributed by atoms with E-state index in [9.17, 15) is 9.59 Å². The number of benzene rings is 4. The van der Waals surface area contributed by atoms with Crippen LogP contribution < -0.4 is 20.9 Å². The van der Waals surface area contributed by atoms with Crippen molar-refractivity contribution in [1.82, 2.24) is 38.9 Å². The highest BCUT2D eigenvalue weighted by molar-refractivity contribution is 5.98. The van der Waals surface area contributed by atoms with Gasteiger partial charge in [0.05, 0.1) is 35.6 Å². The van der Waals surface area contributed by atoms with Gasteiger partial charge in [0.1, 0.15) is 0 Å². The van der Waals surface area contributed by atoms with E-state index in [1.165, 1.54) is 38.9 Å². The number of aromatic nitrogens is 6. The molecule has 0 fully saturated rings. The third kappa shape index (κ3) is 8.11. The number of hydrogen-bond acceptors (Lipinski definition) is 8. The molecule has 2 N–H and O–H groups in total. The highest BCUT2D eigenvalue weighted by Gasteiger charge is 2.42. The van der Waals surface area contributed by atoms with Crippen molar-refractivity contribution < 1.29 is 0 Å². The number of rotatable bonds is 11. The molecule has 0 saturated carbocycles. The molecule has 8 heterocycles. The van der Waals surface area contributed by atoms with Gasteiger partial charge in [-0.2, -0.15) is 0 Å². The maximum absolute atomic E-state index is 14.1. The van der Waals surface area contributed by atoms with E-state index in [-0.39, 0.29) is 34.3 Å². The minimum Gasteiger partial charge on any atom is -0.360 e. The summed E-state index contributed by atoms with van der Waals surface area (Å²) in [5.41, 5.74) is 15.2. The molecule has 12 rings (SSSR count). The van der Waals surface area contributed by atoms with Crippen molar-refractivity contribution in [3.63, 3.8) is 0 Å². The zero-order valence-corrected chi connectivity index (χ0v) is 45.0. The van der Waals surface area contributed by atoms with Crippen LogP contribution in [0, 0.1) is 0 Å². The van der Waals surface area contributed by atoms with Crippen LogP contribution in [-0.2, 0) is 39.0 Å². The fraction of sp³-hybridized carbons (Fsp3) is 0.419. The predicted molar refractivity (Wildman–Crippen MR) is 302 cm³/mol. The summed E-state index contributed by atoms with van der Waals surface area (Å²) in [5, 5.41) is 2.13. The van der Waals surface area contributed by atoms with Crippen LogP contribution in [0.3, 0.4) is 0 Å². The van der Waals surface area contributed by atoms with E-state index in [0.29, 0.717) is 36.6 Å². The van der Waals surface area contributed by atoms with Crippen molar-refractivity contribution >= 4 is 33.7 Å². The van der Waals surface area contributed by atoms with Crippen molar-refractivity contribution in [3.8, 4) is 44.8 Å². The average Bonchev–Trinajstić information content (AvgIpc) is 4.14. The van der Waals surface area contributed by atoms with E-state index in [1.54, 1.807) is 12.1 Å². The molecule has 382 valence electrons. The fourth-order valence-electron chi connectivity index (χ4n) is 13.6. The van der Waals surface area contributed by atoms with Gasteiger partial charge in [-0.15, -0.1) is 0 Å². The summed E-state index contributed by atoms with van der Waals surface area (Å²) in [5.74, 6) is 1.50. The number of aromatic amines is 2. The molecule has 0 aliphatic carbocycles. The van der Waals surface area contributed by atoms with Gasteiger partial charge in [0.2, 0.25) is 11.9 Å². The number of H-pyrrole nitrogens is 2. The Morgan fingerprint density at radius 3 is 1.59 bits per heavy atom. The zero-order chi connectivity index (χ0) is 51.5. The first-order valence-corrected chi connectivity index (χ1v) is 27.3. The van der Waals surface area contributed by atoms with Gasteiger partial charge in [-0.25, -0.2) is 9.97 Å². The van der Waals surface area contributed by atoms with Crippen LogP contribution in [0.2, 0.25) is 0 Å². The number of likely N-dealkylation sites (N-methyl/N-ethyl adjacent to an activating group) is 2. The summed E-state index contributed by atoms with van der Waals surface area (Å²) in [4.78, 5) is 55.0. The number of fused-ring (bicyclic) bond motifs is 6. The molecule has 0 radical (unpaired) electrons. The Morgan fingerprint density at radius 1 is 0.595 bits per heavy atom. The number of nitrogens with zero attached hydrogens (tertiary/aromatic N) is 8. The molecule has 3 atom stereocenters. The molecule has 74 heavy (non-hydrogen) atoms. The Labute approximate surface area is 435 Å². The second kappa shape index (κ2) is 18.0. The van der Waals surface area contributed by atoms with E-state index >= 15 is 0 Å². The molecule has 4 aromatic carbocycles. The summed E-state index contributed by atoms with van der Waals surface area (Å²) >= 11 is 0. The number of hydrogen-bond donors (Lipinski definition) is 2. The molecule has 12 nitrogen and oxygen atoms in total. The summed E-state index contributed by atoms with van der Waals surface area (Å²) in [6, 6.07) is 32.0. The molecule has 4 aliphatic heterocycles. The Hall–Kier alpha value is -6.76. The lowest BCUT2D eigenvalue weighted by Crippen LogP contribution is -2.48. The summed E-state index contributed by atoms with van der Waals surface area (Å²) in [6.45, 7) is 27.5. The molecule has 4 aliphatic rings. The smallest absolute Gasteiger partial charge is 0.255 e. The molecule has 0 bridgehead atoms. The molecule has 0 saturated heterocycles. The van der Waals surface area contributed by atoms with Gasteiger partial charge in [0.25, 0.3) is 11.1 Å². The van der Waals surface area contributed by atoms with Gasteiger partial charge in [-0.1, -0.05) is 50.2 Å². The third-order valence-electron chi connectivity index (χ3n) is 17.3. The Bertz CT molecular complexity index is 3630. The van der Waals surface area contributed by atoms with Crippen LogP contribution in [0.4, 0.5) is 11.9 Å². The van der Waals surface area contributed by atoms with Crippen LogP contribution >= 0.6 is 0 Å². The Balaban J connectivity index is 0.772. The second-order valence-corrected chi connectivity index (χ2v) is 23.5. The Morgan fingerprint density at radius 2 is 1.07 bits per heavy atom. The third-order valence-corrected chi connectivity index (χ3v) is 17.3. The van der Waals surface area contributed by atoms with E-state index < -0.39 is 0 Å². The van der Waals surface area contributed by atoms with Crippen molar-refractivity contribution in [1.29, 1.82) is 0 Å². The molecular formula is C62H72N10O2. The van der Waals surface area contributed by atoms with Gasteiger partial charge in [0.15, 0.2) is 0 Å². The summed E-state index contributed by atoms with van der Waals surface area (Å²) < 4.78 is 3.71. The molecule has 12 heteroatoms. The number of anilines is 2. The van der Waals surface area contributed by atoms with E-state index in [0.717, 1.165) is 102 Å². The highest BCUT2D eigenvalue weighted by Crippen LogP contribution is 2.41. The lowest BCUT2D eigenvalue weighted by molar-refractivity contribution is 0.166. The van der Waals surface area contributed by atoms with Crippen LogP contribution in [-0.4, -0.2) is 87.2 Å². The number of nitrogens with one attached hydrogen (secondary N) is 2. The van der Waals surface area contributed by atoms with E-state index in [2.05, 4.69) is 172 Å². The second-order valence-electron chi connectivity index (χ2n) is 23.5. The van der Waals surface area contributed by atoms with Gasteiger partial charge < -0.3 is 19.8 Å².